The zero-order valence-corrected chi connectivity index (χ0v) is 8.26. The molecule has 0 amide bonds. The van der Waals surface area contributed by atoms with Crippen molar-refractivity contribution in [1.29, 1.82) is 0 Å². The number of para-hydroxylation sites is 1. The summed E-state index contributed by atoms with van der Waals surface area (Å²) >= 11 is 10.4. The first-order valence-corrected chi connectivity index (χ1v) is 4.26. The van der Waals surface area contributed by atoms with E-state index >= 15 is 0 Å². The van der Waals surface area contributed by atoms with Crippen LogP contribution in [0.2, 0.25) is 0 Å². The third kappa shape index (κ3) is 2.04. The predicted octanol–water partition coefficient (Wildman–Crippen LogP) is 2.25. The summed E-state index contributed by atoms with van der Waals surface area (Å²) in [6, 6.07) is 4.15. The van der Waals surface area contributed by atoms with Crippen molar-refractivity contribution in [2.24, 2.45) is 0 Å². The molecule has 1 aromatic carbocycles. The molecule has 0 saturated carbocycles. The van der Waals surface area contributed by atoms with Gasteiger partial charge in [-0.05, 0) is 35.3 Å². The highest BCUT2D eigenvalue weighted by molar-refractivity contribution is 6.70. The van der Waals surface area contributed by atoms with E-state index in [2.05, 4.69) is 0 Å². The van der Waals surface area contributed by atoms with Crippen LogP contribution in [0.5, 0.6) is 0 Å². The lowest BCUT2D eigenvalue weighted by Gasteiger charge is -2.07. The lowest BCUT2D eigenvalue weighted by molar-refractivity contribution is 0.108. The van der Waals surface area contributed by atoms with Crippen LogP contribution < -0.4 is 5.48 Å². The van der Waals surface area contributed by atoms with E-state index in [1.165, 1.54) is 18.2 Å². The maximum absolute atomic E-state index is 10.9. The van der Waals surface area contributed by atoms with Crippen LogP contribution in [0.4, 0.5) is 5.69 Å². The molecule has 0 aromatic heterocycles. The number of halogens is 2. The van der Waals surface area contributed by atoms with Crippen molar-refractivity contribution in [3.8, 4) is 0 Å². The second-order valence-corrected chi connectivity index (χ2v) is 3.07. The topological polar surface area (TPSA) is 66.4 Å². The Balaban J connectivity index is 3.39. The van der Waals surface area contributed by atoms with Gasteiger partial charge in [-0.15, -0.1) is 0 Å². The van der Waals surface area contributed by atoms with Gasteiger partial charge in [0.1, 0.15) is 0 Å². The Bertz CT molecular complexity index is 360. The molecule has 0 aliphatic rings. The number of rotatable bonds is 3. The van der Waals surface area contributed by atoms with Gasteiger partial charge in [0.2, 0.25) is 0 Å². The van der Waals surface area contributed by atoms with Crippen LogP contribution in [-0.4, -0.2) is 15.7 Å². The molecule has 74 valence electrons. The molecule has 6 heteroatoms. The average molecular weight is 234 g/mol. The first kappa shape index (κ1) is 11.0. The van der Waals surface area contributed by atoms with E-state index in [9.17, 15) is 9.59 Å². The zero-order chi connectivity index (χ0) is 10.7. The van der Waals surface area contributed by atoms with Crippen LogP contribution in [0.1, 0.15) is 20.7 Å². The van der Waals surface area contributed by atoms with Crippen LogP contribution in [0, 0.1) is 0 Å². The highest BCUT2D eigenvalue weighted by Crippen LogP contribution is 2.23. The van der Waals surface area contributed by atoms with Crippen molar-refractivity contribution in [2.75, 3.05) is 5.48 Å². The minimum Gasteiger partial charge on any atom is -0.291 e. The highest BCUT2D eigenvalue weighted by Gasteiger charge is 2.15. The molecule has 4 nitrogen and oxygen atoms in total. The molecule has 0 heterocycles. The van der Waals surface area contributed by atoms with E-state index in [1.54, 1.807) is 5.48 Å². The van der Waals surface area contributed by atoms with Gasteiger partial charge < -0.3 is 0 Å². The summed E-state index contributed by atoms with van der Waals surface area (Å²) in [6.07, 6.45) is 0. The van der Waals surface area contributed by atoms with E-state index < -0.39 is 10.5 Å². The summed E-state index contributed by atoms with van der Waals surface area (Å²) in [7, 11) is 0. The Kier molecular flexibility index (Phi) is 3.46. The van der Waals surface area contributed by atoms with Crippen molar-refractivity contribution in [3.63, 3.8) is 0 Å². The maximum Gasteiger partial charge on any atom is 0.254 e. The number of hydrogen-bond acceptors (Lipinski definition) is 4. The van der Waals surface area contributed by atoms with E-state index in [-0.39, 0.29) is 16.8 Å². The summed E-state index contributed by atoms with van der Waals surface area (Å²) in [4.78, 5) is 21.7. The molecule has 0 unspecified atom stereocenters. The van der Waals surface area contributed by atoms with E-state index in [4.69, 9.17) is 28.4 Å². The summed E-state index contributed by atoms with van der Waals surface area (Å²) in [5.74, 6) is 0. The monoisotopic (exact) mass is 233 g/mol. The minimum atomic E-state index is -0.790. The number of hydrogen-bond donors (Lipinski definition) is 2. The molecular weight excluding hydrogens is 229 g/mol. The first-order chi connectivity index (χ1) is 6.57. The molecule has 14 heavy (non-hydrogen) atoms. The number of anilines is 1. The number of carbonyl (C=O) groups is 2. The smallest absolute Gasteiger partial charge is 0.254 e. The van der Waals surface area contributed by atoms with Crippen molar-refractivity contribution in [3.05, 3.63) is 29.3 Å². The fourth-order valence-electron chi connectivity index (χ4n) is 1.00. The van der Waals surface area contributed by atoms with E-state index in [1.807, 2.05) is 0 Å². The molecular formula is C8H5Cl2NO3. The largest absolute Gasteiger partial charge is 0.291 e. The molecule has 0 saturated heterocycles. The molecule has 0 aliphatic heterocycles. The molecule has 2 N–H and O–H groups in total. The molecule has 0 bridgehead atoms. The maximum atomic E-state index is 10.9. The van der Waals surface area contributed by atoms with Gasteiger partial charge in [0.15, 0.2) is 0 Å². The lowest BCUT2D eigenvalue weighted by atomic mass is 10.1. The van der Waals surface area contributed by atoms with E-state index in [0.717, 1.165) is 0 Å². The molecule has 1 rings (SSSR count). The van der Waals surface area contributed by atoms with Gasteiger partial charge in [0.25, 0.3) is 10.5 Å². The molecule has 1 aromatic rings. The Labute approximate surface area is 89.4 Å². The summed E-state index contributed by atoms with van der Waals surface area (Å²) < 4.78 is 0. The fraction of sp³-hybridized carbons (Fsp3) is 0. The summed E-state index contributed by atoms with van der Waals surface area (Å²) in [6.45, 7) is 0. The molecule has 0 aliphatic carbocycles. The fourth-order valence-corrected chi connectivity index (χ4v) is 1.32. The first-order valence-electron chi connectivity index (χ1n) is 3.50. The molecule has 0 fully saturated rings. The van der Waals surface area contributed by atoms with Crippen LogP contribution in [0.3, 0.4) is 0 Å². The zero-order valence-electron chi connectivity index (χ0n) is 6.75. The standard InChI is InChI=1S/C8H5Cl2NO3/c9-7(12)4-2-1-3-5(8(10)13)6(4)11-14/h1-3,11,14H. The number of nitrogens with one attached hydrogen (secondary N) is 1. The summed E-state index contributed by atoms with van der Waals surface area (Å²) in [5.41, 5.74) is 1.60. The van der Waals surface area contributed by atoms with Gasteiger partial charge in [-0.3, -0.25) is 20.3 Å². The Morgan fingerprint density at radius 1 is 1.14 bits per heavy atom. The normalized spacial score (nSPS) is 9.64. The third-order valence-corrected chi connectivity index (χ3v) is 2.01. The van der Waals surface area contributed by atoms with Gasteiger partial charge in [-0.2, -0.15) is 0 Å². The highest BCUT2D eigenvalue weighted by atomic mass is 35.5. The van der Waals surface area contributed by atoms with Crippen LogP contribution in [-0.2, 0) is 0 Å². The number of benzene rings is 1. The van der Waals surface area contributed by atoms with Gasteiger partial charge in [0, 0.05) is 0 Å². The van der Waals surface area contributed by atoms with Crippen molar-refractivity contribution in [1.82, 2.24) is 0 Å². The minimum absolute atomic E-state index is 0.0133. The lowest BCUT2D eigenvalue weighted by Crippen LogP contribution is -2.04. The van der Waals surface area contributed by atoms with Gasteiger partial charge in [0.05, 0.1) is 16.8 Å². The second-order valence-electron chi connectivity index (χ2n) is 2.39. The molecule has 0 spiro atoms. The molecule has 0 atom stereocenters. The van der Waals surface area contributed by atoms with Crippen LogP contribution >= 0.6 is 23.2 Å². The van der Waals surface area contributed by atoms with Crippen molar-refractivity contribution in [2.45, 2.75) is 0 Å². The Morgan fingerprint density at radius 3 is 1.86 bits per heavy atom. The second kappa shape index (κ2) is 4.41. The van der Waals surface area contributed by atoms with Crippen LogP contribution in [0.25, 0.3) is 0 Å². The van der Waals surface area contributed by atoms with Gasteiger partial charge in [-0.25, -0.2) is 0 Å². The predicted molar refractivity (Wildman–Crippen MR) is 52.2 cm³/mol. The Morgan fingerprint density at radius 2 is 1.57 bits per heavy atom. The van der Waals surface area contributed by atoms with E-state index in [0.29, 0.717) is 0 Å². The molecule has 0 radical (unpaired) electrons. The number of carbonyl (C=O) groups excluding carboxylic acids is 2. The third-order valence-electron chi connectivity index (χ3n) is 1.60. The average Bonchev–Trinajstić information content (AvgIpc) is 2.16. The van der Waals surface area contributed by atoms with Gasteiger partial charge >= 0.3 is 0 Å². The summed E-state index contributed by atoms with van der Waals surface area (Å²) in [5, 5.41) is 7.14. The quantitative estimate of drug-likeness (QED) is 0.621. The van der Waals surface area contributed by atoms with Crippen molar-refractivity contribution < 1.29 is 14.8 Å². The van der Waals surface area contributed by atoms with Gasteiger partial charge in [-0.1, -0.05) is 6.07 Å². The Hall–Kier alpha value is -1.10. The van der Waals surface area contributed by atoms with Crippen molar-refractivity contribution >= 4 is 39.4 Å². The van der Waals surface area contributed by atoms with Crippen LogP contribution in [0.15, 0.2) is 18.2 Å². The SMILES string of the molecule is O=C(Cl)c1cccc(C(=O)Cl)c1NO.